The van der Waals surface area contributed by atoms with Gasteiger partial charge >= 0.3 is 5.69 Å². The van der Waals surface area contributed by atoms with E-state index in [1.54, 1.807) is 31.0 Å². The number of aromatic nitrogens is 2. The highest BCUT2D eigenvalue weighted by atomic mass is 28.4. The average molecular weight is 768 g/mol. The molecule has 1 aromatic heterocycles. The SMILES string of the molecule is COc1ccc(C(c2ccccc2)(c2ccc(OC)cc2)[C@]2(n3ccc(N)nc3=O)C[C@H](O[Si](c3ccccc3)(c3ccccc3)C(C)(C)C)[C@@H](CO)O2)cc1. The fraction of sp³-hybridized carbons (Fsp3) is 0.261. The van der Waals surface area contributed by atoms with Crippen LogP contribution >= 0.6 is 0 Å². The minimum atomic E-state index is -3.23. The molecule has 2 heterocycles. The maximum absolute atomic E-state index is 14.5. The third-order valence-corrected chi connectivity index (χ3v) is 16.3. The molecule has 9 nitrogen and oxygen atoms in total. The van der Waals surface area contributed by atoms with E-state index in [2.05, 4.69) is 50.0 Å². The van der Waals surface area contributed by atoms with Crippen LogP contribution in [0.5, 0.6) is 11.5 Å². The van der Waals surface area contributed by atoms with E-state index in [0.29, 0.717) is 11.5 Å². The molecule has 1 aliphatic heterocycles. The van der Waals surface area contributed by atoms with Crippen LogP contribution in [0.15, 0.2) is 157 Å². The van der Waals surface area contributed by atoms with Crippen LogP contribution in [0.4, 0.5) is 5.82 Å². The highest BCUT2D eigenvalue weighted by Crippen LogP contribution is 2.58. The molecule has 6 aromatic rings. The van der Waals surface area contributed by atoms with Crippen LogP contribution in [0, 0.1) is 0 Å². The number of hydrogen-bond donors (Lipinski definition) is 2. The Hall–Kier alpha value is -5.52. The predicted octanol–water partition coefficient (Wildman–Crippen LogP) is 6.26. The van der Waals surface area contributed by atoms with Crippen LogP contribution in [0.25, 0.3) is 0 Å². The molecule has 7 rings (SSSR count). The van der Waals surface area contributed by atoms with Gasteiger partial charge in [-0.3, -0.25) is 4.57 Å². The summed E-state index contributed by atoms with van der Waals surface area (Å²) in [6.45, 7) is 6.27. The molecule has 1 saturated heterocycles. The number of nitrogen functional groups attached to an aromatic ring is 1. The quantitative estimate of drug-likeness (QED) is 0.111. The number of hydrogen-bond acceptors (Lipinski definition) is 8. The van der Waals surface area contributed by atoms with Gasteiger partial charge in [-0.2, -0.15) is 4.98 Å². The van der Waals surface area contributed by atoms with Crippen LogP contribution in [-0.4, -0.2) is 56.0 Å². The van der Waals surface area contributed by atoms with Crippen molar-refractivity contribution in [3.63, 3.8) is 0 Å². The minimum absolute atomic E-state index is 0.0809. The molecule has 1 fully saturated rings. The number of nitrogens with zero attached hydrogens (tertiary/aromatic N) is 2. The van der Waals surface area contributed by atoms with Crippen molar-refractivity contribution in [2.75, 3.05) is 26.6 Å². The zero-order valence-electron chi connectivity index (χ0n) is 32.5. The van der Waals surface area contributed by atoms with Crippen molar-refractivity contribution in [3.05, 3.63) is 179 Å². The number of ether oxygens (including phenoxy) is 3. The molecule has 288 valence electrons. The van der Waals surface area contributed by atoms with Gasteiger partial charge in [0.05, 0.1) is 32.3 Å². The lowest BCUT2D eigenvalue weighted by atomic mass is 9.61. The fourth-order valence-corrected chi connectivity index (χ4v) is 13.5. The largest absolute Gasteiger partial charge is 0.497 e. The van der Waals surface area contributed by atoms with Crippen LogP contribution in [-0.2, 0) is 20.3 Å². The predicted molar refractivity (Wildman–Crippen MR) is 222 cm³/mol. The van der Waals surface area contributed by atoms with Crippen molar-refractivity contribution in [1.29, 1.82) is 0 Å². The molecule has 56 heavy (non-hydrogen) atoms. The van der Waals surface area contributed by atoms with Gasteiger partial charge in [0.1, 0.15) is 23.4 Å². The summed E-state index contributed by atoms with van der Waals surface area (Å²) in [7, 11) is 0.0281. The second-order valence-corrected chi connectivity index (χ2v) is 19.5. The van der Waals surface area contributed by atoms with E-state index in [0.717, 1.165) is 27.1 Å². The second kappa shape index (κ2) is 15.5. The average Bonchev–Trinajstić information content (AvgIpc) is 3.60. The maximum Gasteiger partial charge on any atom is 0.351 e. The zero-order valence-corrected chi connectivity index (χ0v) is 33.5. The first-order valence-electron chi connectivity index (χ1n) is 18.8. The van der Waals surface area contributed by atoms with E-state index in [1.807, 2.05) is 115 Å². The van der Waals surface area contributed by atoms with E-state index >= 15 is 0 Å². The van der Waals surface area contributed by atoms with Crippen molar-refractivity contribution >= 4 is 24.5 Å². The Morgan fingerprint density at radius 2 is 1.21 bits per heavy atom. The Balaban J connectivity index is 1.58. The molecular formula is C46H49N3O6Si. The second-order valence-electron chi connectivity index (χ2n) is 15.2. The zero-order chi connectivity index (χ0) is 39.6. The molecule has 0 saturated carbocycles. The molecule has 10 heteroatoms. The molecule has 0 radical (unpaired) electrons. The Bertz CT molecular complexity index is 2190. The Labute approximate surface area is 329 Å². The number of aliphatic hydroxyl groups is 1. The molecule has 0 aliphatic carbocycles. The standard InChI is InChI=1S/C46H49N3O6Si/c1-44(2,3)56(38-17-11-7-12-18-38,39-19-13-8-14-20-39)55-40-31-45(54-41(40)32-50,49-30-29-42(47)48-43(49)51)46(33-15-9-6-10-16-33,34-21-25-36(52-4)26-22-34)35-23-27-37(53-5)28-24-35/h6-30,40-41,50H,31-32H2,1-5H3,(H2,47,48,51)/t40-,41+,45-/m0/s1. The van der Waals surface area contributed by atoms with Crippen molar-refractivity contribution < 1.29 is 23.7 Å². The van der Waals surface area contributed by atoms with E-state index in [4.69, 9.17) is 24.4 Å². The molecule has 5 aromatic carbocycles. The van der Waals surface area contributed by atoms with E-state index in [1.165, 1.54) is 0 Å². The molecule has 1 aliphatic rings. The molecular weight excluding hydrogens is 719 g/mol. The van der Waals surface area contributed by atoms with Crippen LogP contribution in [0.3, 0.4) is 0 Å². The lowest BCUT2D eigenvalue weighted by molar-refractivity contribution is -0.146. The summed E-state index contributed by atoms with van der Waals surface area (Å²) in [5.74, 6) is 1.41. The van der Waals surface area contributed by atoms with Gasteiger partial charge in [0.15, 0.2) is 5.72 Å². The van der Waals surface area contributed by atoms with Gasteiger partial charge in [0.2, 0.25) is 0 Å². The van der Waals surface area contributed by atoms with Crippen molar-refractivity contribution in [3.8, 4) is 11.5 Å². The first-order chi connectivity index (χ1) is 27.0. The Morgan fingerprint density at radius 3 is 1.64 bits per heavy atom. The highest BCUT2D eigenvalue weighted by Gasteiger charge is 2.65. The van der Waals surface area contributed by atoms with Crippen molar-refractivity contribution in [1.82, 2.24) is 9.55 Å². The van der Waals surface area contributed by atoms with Crippen molar-refractivity contribution in [2.24, 2.45) is 0 Å². The summed E-state index contributed by atoms with van der Waals surface area (Å²) < 4.78 is 28.1. The summed E-state index contributed by atoms with van der Waals surface area (Å²) in [5, 5.41) is 13.2. The van der Waals surface area contributed by atoms with Gasteiger partial charge in [0.25, 0.3) is 8.32 Å². The lowest BCUT2D eigenvalue weighted by Crippen LogP contribution is -2.68. The summed E-state index contributed by atoms with van der Waals surface area (Å²) in [6.07, 6.45) is 0.201. The number of nitrogens with two attached hydrogens (primary N) is 1. The highest BCUT2D eigenvalue weighted by molar-refractivity contribution is 6.99. The number of benzene rings is 5. The third-order valence-electron chi connectivity index (χ3n) is 11.2. The van der Waals surface area contributed by atoms with Crippen LogP contribution in [0.2, 0.25) is 5.04 Å². The molecule has 3 N–H and O–H groups in total. The molecule has 0 unspecified atom stereocenters. The molecule has 3 atom stereocenters. The van der Waals surface area contributed by atoms with Gasteiger partial charge in [-0.15, -0.1) is 0 Å². The minimum Gasteiger partial charge on any atom is -0.497 e. The van der Waals surface area contributed by atoms with Crippen molar-refractivity contribution in [2.45, 2.75) is 55.6 Å². The van der Waals surface area contributed by atoms with Gasteiger partial charge < -0.3 is 29.5 Å². The number of anilines is 1. The fourth-order valence-electron chi connectivity index (χ4n) is 8.78. The number of rotatable bonds is 12. The van der Waals surface area contributed by atoms with Gasteiger partial charge in [0, 0.05) is 12.6 Å². The summed E-state index contributed by atoms with van der Waals surface area (Å²) in [4.78, 5) is 18.8. The Morgan fingerprint density at radius 1 is 0.750 bits per heavy atom. The van der Waals surface area contributed by atoms with Gasteiger partial charge in [-0.25, -0.2) is 4.79 Å². The van der Waals surface area contributed by atoms with Gasteiger partial charge in [-0.05, 0) is 62.4 Å². The van der Waals surface area contributed by atoms with E-state index in [-0.39, 0.29) is 23.9 Å². The van der Waals surface area contributed by atoms with E-state index in [9.17, 15) is 9.90 Å². The molecule has 0 bridgehead atoms. The summed E-state index contributed by atoms with van der Waals surface area (Å²) in [6, 6.07) is 48.0. The first kappa shape index (κ1) is 38.7. The topological polar surface area (TPSA) is 118 Å². The number of methoxy groups -OCH3 is 2. The maximum atomic E-state index is 14.5. The first-order valence-corrected chi connectivity index (χ1v) is 20.7. The third kappa shape index (κ3) is 6.42. The van der Waals surface area contributed by atoms with Crippen LogP contribution < -0.4 is 31.3 Å². The lowest BCUT2D eigenvalue weighted by Gasteiger charge is -2.50. The molecule has 0 spiro atoms. The molecule has 0 amide bonds. The van der Waals surface area contributed by atoms with E-state index < -0.39 is 37.4 Å². The van der Waals surface area contributed by atoms with Crippen LogP contribution in [0.1, 0.15) is 43.9 Å². The summed E-state index contributed by atoms with van der Waals surface area (Å²) >= 11 is 0. The number of aliphatic hydroxyl groups excluding tert-OH is 1. The monoisotopic (exact) mass is 767 g/mol. The van der Waals surface area contributed by atoms with Gasteiger partial charge in [-0.1, -0.05) is 136 Å². The Kier molecular flexibility index (Phi) is 10.8. The summed E-state index contributed by atoms with van der Waals surface area (Å²) in [5.41, 5.74) is 5.14. The normalized spacial score (nSPS) is 18.8. The smallest absolute Gasteiger partial charge is 0.351 e.